The fourth-order valence-electron chi connectivity index (χ4n) is 1.67. The number of methoxy groups -OCH3 is 1. The van der Waals surface area contributed by atoms with Crippen LogP contribution in [0.1, 0.15) is 10.4 Å². The molecule has 8 heteroatoms. The lowest BCUT2D eigenvalue weighted by atomic mass is 10.2. The Balaban J connectivity index is 2.44. The number of ether oxygens (including phenoxy) is 1. The van der Waals surface area contributed by atoms with E-state index >= 15 is 0 Å². The first-order valence-corrected chi connectivity index (χ1v) is 7.80. The number of primary amides is 1. The van der Waals surface area contributed by atoms with Gasteiger partial charge in [-0.1, -0.05) is 11.6 Å². The third-order valence-electron chi connectivity index (χ3n) is 2.76. The number of carbonyl (C=O) groups is 1. The van der Waals surface area contributed by atoms with E-state index < -0.39 is 16.0 Å². The van der Waals surface area contributed by atoms with Gasteiger partial charge in [-0.15, -0.1) is 0 Å². The minimum Gasteiger partial charge on any atom is -0.497 e. The van der Waals surface area contributed by atoms with Gasteiger partial charge in [-0.05, 0) is 36.4 Å². The van der Waals surface area contributed by atoms with Gasteiger partial charge in [0.15, 0.2) is 5.75 Å². The highest BCUT2D eigenvalue weighted by atomic mass is 35.5. The summed E-state index contributed by atoms with van der Waals surface area (Å²) in [6.45, 7) is 0. The van der Waals surface area contributed by atoms with Crippen molar-refractivity contribution in [3.63, 3.8) is 0 Å². The highest BCUT2D eigenvalue weighted by Crippen LogP contribution is 2.28. The first-order valence-electron chi connectivity index (χ1n) is 6.01. The summed E-state index contributed by atoms with van der Waals surface area (Å²) in [4.78, 5) is 11.3. The SMILES string of the molecule is COc1ccc(C(N)=O)c(OS(=O)(=O)c2ccc(Cl)cc2)c1. The van der Waals surface area contributed by atoms with E-state index in [0.29, 0.717) is 10.8 Å². The molecule has 2 aromatic rings. The fourth-order valence-corrected chi connectivity index (χ4v) is 2.74. The summed E-state index contributed by atoms with van der Waals surface area (Å²) in [5.74, 6) is -0.697. The zero-order chi connectivity index (χ0) is 16.3. The van der Waals surface area contributed by atoms with Gasteiger partial charge in [0.1, 0.15) is 10.6 Å². The van der Waals surface area contributed by atoms with Gasteiger partial charge in [0.25, 0.3) is 5.91 Å². The largest absolute Gasteiger partial charge is 0.497 e. The zero-order valence-corrected chi connectivity index (χ0v) is 13.0. The molecule has 0 aliphatic carbocycles. The van der Waals surface area contributed by atoms with E-state index in [1.54, 1.807) is 0 Å². The maximum Gasteiger partial charge on any atom is 0.339 e. The second kappa shape index (κ2) is 6.25. The fraction of sp³-hybridized carbons (Fsp3) is 0.0714. The van der Waals surface area contributed by atoms with Crippen LogP contribution in [0.15, 0.2) is 47.4 Å². The Morgan fingerprint density at radius 3 is 2.32 bits per heavy atom. The standard InChI is InChI=1S/C14H12ClNO5S/c1-20-10-4-7-12(14(16)17)13(8-10)21-22(18,19)11-5-2-9(15)3-6-11/h2-8H,1H3,(H2,16,17). The normalized spacial score (nSPS) is 11.0. The van der Waals surface area contributed by atoms with Crippen LogP contribution in [0.4, 0.5) is 0 Å². The monoisotopic (exact) mass is 341 g/mol. The highest BCUT2D eigenvalue weighted by molar-refractivity contribution is 7.87. The molecule has 0 aromatic heterocycles. The predicted octanol–water partition coefficient (Wildman–Crippen LogP) is 2.22. The van der Waals surface area contributed by atoms with Gasteiger partial charge in [-0.3, -0.25) is 4.79 Å². The molecule has 0 aliphatic rings. The second-order valence-corrected chi connectivity index (χ2v) is 6.20. The molecule has 116 valence electrons. The Morgan fingerprint density at radius 2 is 1.77 bits per heavy atom. The average Bonchev–Trinajstić information content (AvgIpc) is 2.46. The molecule has 2 N–H and O–H groups in total. The zero-order valence-electron chi connectivity index (χ0n) is 11.4. The molecule has 0 saturated carbocycles. The van der Waals surface area contributed by atoms with Crippen LogP contribution in [-0.4, -0.2) is 21.4 Å². The molecular weight excluding hydrogens is 330 g/mol. The van der Waals surface area contributed by atoms with Gasteiger partial charge in [-0.2, -0.15) is 8.42 Å². The quantitative estimate of drug-likeness (QED) is 0.841. The molecule has 0 aliphatic heterocycles. The van der Waals surface area contributed by atoms with Crippen molar-refractivity contribution in [2.45, 2.75) is 4.90 Å². The molecule has 0 radical (unpaired) electrons. The smallest absolute Gasteiger partial charge is 0.339 e. The lowest BCUT2D eigenvalue weighted by Crippen LogP contribution is -2.16. The molecule has 2 aromatic carbocycles. The molecule has 0 atom stereocenters. The average molecular weight is 342 g/mol. The molecule has 0 bridgehead atoms. The Bertz CT molecular complexity index is 802. The van der Waals surface area contributed by atoms with Crippen LogP contribution < -0.4 is 14.7 Å². The van der Waals surface area contributed by atoms with Crippen molar-refractivity contribution in [3.05, 3.63) is 53.1 Å². The topological polar surface area (TPSA) is 95.7 Å². The van der Waals surface area contributed by atoms with Gasteiger partial charge in [0.05, 0.1) is 12.7 Å². The van der Waals surface area contributed by atoms with E-state index in [0.717, 1.165) is 0 Å². The second-order valence-electron chi connectivity index (χ2n) is 4.22. The number of halogens is 1. The summed E-state index contributed by atoms with van der Waals surface area (Å²) in [6.07, 6.45) is 0. The Morgan fingerprint density at radius 1 is 1.14 bits per heavy atom. The van der Waals surface area contributed by atoms with Crippen LogP contribution in [0.25, 0.3) is 0 Å². The third kappa shape index (κ3) is 3.49. The number of benzene rings is 2. The van der Waals surface area contributed by atoms with Crippen molar-refractivity contribution < 1.29 is 22.1 Å². The molecule has 22 heavy (non-hydrogen) atoms. The molecule has 1 amide bonds. The number of hydrogen-bond acceptors (Lipinski definition) is 5. The number of hydrogen-bond donors (Lipinski definition) is 1. The summed E-state index contributed by atoms with van der Waals surface area (Å²) in [6, 6.07) is 9.49. The van der Waals surface area contributed by atoms with E-state index in [9.17, 15) is 13.2 Å². The lowest BCUT2D eigenvalue weighted by Gasteiger charge is -2.11. The highest BCUT2D eigenvalue weighted by Gasteiger charge is 2.21. The Kier molecular flexibility index (Phi) is 4.58. The van der Waals surface area contributed by atoms with Crippen LogP contribution in [0.5, 0.6) is 11.5 Å². The van der Waals surface area contributed by atoms with Crippen molar-refractivity contribution >= 4 is 27.6 Å². The number of amides is 1. The molecule has 2 rings (SSSR count). The lowest BCUT2D eigenvalue weighted by molar-refractivity contribution is 0.0999. The van der Waals surface area contributed by atoms with Crippen molar-refractivity contribution in [3.8, 4) is 11.5 Å². The first-order chi connectivity index (χ1) is 10.3. The maximum atomic E-state index is 12.2. The molecular formula is C14H12ClNO5S. The van der Waals surface area contributed by atoms with Crippen LogP contribution in [-0.2, 0) is 10.1 Å². The number of carbonyl (C=O) groups excluding carboxylic acids is 1. The molecule has 0 spiro atoms. The van der Waals surface area contributed by atoms with Gasteiger partial charge in [0.2, 0.25) is 0 Å². The summed E-state index contributed by atoms with van der Waals surface area (Å²) >= 11 is 5.71. The van der Waals surface area contributed by atoms with Crippen molar-refractivity contribution in [2.75, 3.05) is 7.11 Å². The number of nitrogens with two attached hydrogens (primary N) is 1. The Hall–Kier alpha value is -2.25. The Labute approximate surface area is 132 Å². The van der Waals surface area contributed by atoms with Gasteiger partial charge < -0.3 is 14.7 Å². The van der Waals surface area contributed by atoms with Crippen molar-refractivity contribution in [1.82, 2.24) is 0 Å². The minimum absolute atomic E-state index is 0.0710. The van der Waals surface area contributed by atoms with Gasteiger partial charge in [0, 0.05) is 11.1 Å². The van der Waals surface area contributed by atoms with Crippen molar-refractivity contribution in [2.24, 2.45) is 5.73 Å². The first kappa shape index (κ1) is 16.1. The summed E-state index contributed by atoms with van der Waals surface area (Å²) < 4.78 is 34.5. The molecule has 0 heterocycles. The van der Waals surface area contributed by atoms with E-state index in [1.165, 1.54) is 49.6 Å². The van der Waals surface area contributed by atoms with E-state index in [2.05, 4.69) is 0 Å². The van der Waals surface area contributed by atoms with E-state index in [4.69, 9.17) is 26.3 Å². The van der Waals surface area contributed by atoms with Crippen molar-refractivity contribution in [1.29, 1.82) is 0 Å². The molecule has 0 fully saturated rings. The molecule has 0 saturated heterocycles. The van der Waals surface area contributed by atoms with Crippen LogP contribution in [0, 0.1) is 0 Å². The van der Waals surface area contributed by atoms with Crippen LogP contribution in [0.2, 0.25) is 5.02 Å². The summed E-state index contributed by atoms with van der Waals surface area (Å²) in [7, 11) is -2.73. The van der Waals surface area contributed by atoms with Gasteiger partial charge >= 0.3 is 10.1 Å². The van der Waals surface area contributed by atoms with E-state index in [-0.39, 0.29) is 16.2 Å². The predicted molar refractivity (Wildman–Crippen MR) is 80.8 cm³/mol. The van der Waals surface area contributed by atoms with Crippen LogP contribution >= 0.6 is 11.6 Å². The third-order valence-corrected chi connectivity index (χ3v) is 4.26. The summed E-state index contributed by atoms with van der Waals surface area (Å²) in [5, 5.41) is 0.387. The summed E-state index contributed by atoms with van der Waals surface area (Å²) in [5.41, 5.74) is 5.14. The molecule has 6 nitrogen and oxygen atoms in total. The van der Waals surface area contributed by atoms with E-state index in [1.807, 2.05) is 0 Å². The maximum absolute atomic E-state index is 12.2. The van der Waals surface area contributed by atoms with Crippen LogP contribution in [0.3, 0.4) is 0 Å². The molecule has 0 unspecified atom stereocenters. The minimum atomic E-state index is -4.13. The van der Waals surface area contributed by atoms with Gasteiger partial charge in [-0.25, -0.2) is 0 Å². The number of rotatable bonds is 5.